The maximum atomic E-state index is 13.7. The highest BCUT2D eigenvalue weighted by Gasteiger charge is 2.41. The Labute approximate surface area is 144 Å². The SMILES string of the molecule is Cc1ccc(-n2ncc(C(=O)N3CCC(C)CC3)c2C(F)(F)F)cc1. The Morgan fingerprint density at radius 2 is 1.76 bits per heavy atom. The number of halogens is 3. The van der Waals surface area contributed by atoms with Crippen molar-refractivity contribution in [2.75, 3.05) is 13.1 Å². The summed E-state index contributed by atoms with van der Waals surface area (Å²) in [6, 6.07) is 6.55. The van der Waals surface area contributed by atoms with Crippen molar-refractivity contribution in [3.63, 3.8) is 0 Å². The van der Waals surface area contributed by atoms with Crippen LogP contribution in [0.2, 0.25) is 0 Å². The van der Waals surface area contributed by atoms with Gasteiger partial charge in [0.15, 0.2) is 5.69 Å². The normalized spacial score (nSPS) is 16.3. The Balaban J connectivity index is 2.00. The minimum Gasteiger partial charge on any atom is -0.339 e. The lowest BCUT2D eigenvalue weighted by Gasteiger charge is -2.30. The van der Waals surface area contributed by atoms with Crippen LogP contribution < -0.4 is 0 Å². The van der Waals surface area contributed by atoms with Gasteiger partial charge in [-0.25, -0.2) is 4.68 Å². The van der Waals surface area contributed by atoms with E-state index in [0.717, 1.165) is 29.3 Å². The number of piperidine rings is 1. The van der Waals surface area contributed by atoms with Crippen LogP contribution in [-0.2, 0) is 6.18 Å². The summed E-state index contributed by atoms with van der Waals surface area (Å²) in [5.41, 5.74) is -0.185. The monoisotopic (exact) mass is 351 g/mol. The van der Waals surface area contributed by atoms with Gasteiger partial charge in [0.25, 0.3) is 5.91 Å². The van der Waals surface area contributed by atoms with E-state index < -0.39 is 17.8 Å². The van der Waals surface area contributed by atoms with Gasteiger partial charge in [0.1, 0.15) is 0 Å². The van der Waals surface area contributed by atoms with Crippen molar-refractivity contribution in [1.29, 1.82) is 0 Å². The predicted octanol–water partition coefficient (Wildman–Crippen LogP) is 4.07. The van der Waals surface area contributed by atoms with Gasteiger partial charge in [0.2, 0.25) is 0 Å². The highest BCUT2D eigenvalue weighted by atomic mass is 19.4. The molecule has 0 aliphatic carbocycles. The minimum absolute atomic E-state index is 0.282. The van der Waals surface area contributed by atoms with Crippen molar-refractivity contribution in [3.8, 4) is 5.69 Å². The molecular formula is C18H20F3N3O. The highest BCUT2D eigenvalue weighted by molar-refractivity contribution is 5.95. The second-order valence-electron chi connectivity index (χ2n) is 6.63. The van der Waals surface area contributed by atoms with Crippen LogP contribution in [0.4, 0.5) is 13.2 Å². The number of hydrogen-bond acceptors (Lipinski definition) is 2. The molecule has 0 bridgehead atoms. The lowest BCUT2D eigenvalue weighted by Crippen LogP contribution is -2.38. The molecule has 0 unspecified atom stereocenters. The molecular weight excluding hydrogens is 331 g/mol. The number of nitrogens with zero attached hydrogens (tertiary/aromatic N) is 3. The summed E-state index contributed by atoms with van der Waals surface area (Å²) in [6.45, 7) is 4.89. The van der Waals surface area contributed by atoms with Crippen molar-refractivity contribution in [2.24, 2.45) is 5.92 Å². The molecule has 2 aromatic rings. The van der Waals surface area contributed by atoms with Crippen LogP contribution in [0.15, 0.2) is 30.5 Å². The number of alkyl halides is 3. The molecule has 0 saturated carbocycles. The Kier molecular flexibility index (Phi) is 4.58. The second-order valence-corrected chi connectivity index (χ2v) is 6.63. The van der Waals surface area contributed by atoms with Crippen molar-refractivity contribution < 1.29 is 18.0 Å². The summed E-state index contributed by atoms with van der Waals surface area (Å²) < 4.78 is 41.8. The molecule has 0 N–H and O–H groups in total. The molecule has 1 aromatic carbocycles. The molecule has 1 aliphatic heterocycles. The van der Waals surface area contributed by atoms with E-state index in [-0.39, 0.29) is 11.3 Å². The third-order valence-electron chi connectivity index (χ3n) is 4.62. The molecule has 1 amide bonds. The first-order valence-electron chi connectivity index (χ1n) is 8.29. The zero-order valence-electron chi connectivity index (χ0n) is 14.2. The Morgan fingerprint density at radius 1 is 1.16 bits per heavy atom. The van der Waals surface area contributed by atoms with Crippen molar-refractivity contribution in [3.05, 3.63) is 47.3 Å². The molecule has 1 saturated heterocycles. The summed E-state index contributed by atoms with van der Waals surface area (Å²) in [5.74, 6) is -0.112. The Bertz CT molecular complexity index is 757. The lowest BCUT2D eigenvalue weighted by molar-refractivity contribution is -0.143. The van der Waals surface area contributed by atoms with Crippen LogP contribution >= 0.6 is 0 Å². The summed E-state index contributed by atoms with van der Waals surface area (Å²) in [6.07, 6.45) is -2.03. The lowest BCUT2D eigenvalue weighted by atomic mass is 9.98. The van der Waals surface area contributed by atoms with E-state index in [1.807, 2.05) is 6.92 Å². The van der Waals surface area contributed by atoms with E-state index in [0.29, 0.717) is 19.0 Å². The standard InChI is InChI=1S/C18H20F3N3O/c1-12-3-5-14(6-4-12)24-16(18(19,20)21)15(11-22-24)17(25)23-9-7-13(2)8-10-23/h3-6,11,13H,7-10H2,1-2H3. The van der Waals surface area contributed by atoms with Gasteiger partial charge in [-0.3, -0.25) is 4.79 Å². The third-order valence-corrected chi connectivity index (χ3v) is 4.62. The zero-order chi connectivity index (χ0) is 18.2. The molecule has 1 aliphatic rings. The molecule has 7 heteroatoms. The number of hydrogen-bond donors (Lipinski definition) is 0. The topological polar surface area (TPSA) is 38.1 Å². The van der Waals surface area contributed by atoms with E-state index in [1.54, 1.807) is 24.3 Å². The summed E-state index contributed by atoms with van der Waals surface area (Å²) in [5, 5.41) is 3.86. The van der Waals surface area contributed by atoms with Gasteiger partial charge in [0, 0.05) is 13.1 Å². The molecule has 1 aromatic heterocycles. The summed E-state index contributed by atoms with van der Waals surface area (Å²) in [7, 11) is 0. The van der Waals surface area contributed by atoms with E-state index in [9.17, 15) is 18.0 Å². The maximum Gasteiger partial charge on any atom is 0.434 e. The first-order chi connectivity index (χ1) is 11.8. The fourth-order valence-electron chi connectivity index (χ4n) is 3.04. The molecule has 0 atom stereocenters. The van der Waals surface area contributed by atoms with Crippen LogP contribution in [0.1, 0.15) is 41.4 Å². The van der Waals surface area contributed by atoms with Crippen molar-refractivity contribution in [2.45, 2.75) is 32.9 Å². The fraction of sp³-hybridized carbons (Fsp3) is 0.444. The quantitative estimate of drug-likeness (QED) is 0.818. The molecule has 4 nitrogen and oxygen atoms in total. The number of amides is 1. The summed E-state index contributed by atoms with van der Waals surface area (Å²) >= 11 is 0. The van der Waals surface area contributed by atoms with E-state index in [2.05, 4.69) is 12.0 Å². The van der Waals surface area contributed by atoms with E-state index in [1.165, 1.54) is 4.90 Å². The Morgan fingerprint density at radius 3 is 2.32 bits per heavy atom. The van der Waals surface area contributed by atoms with Crippen molar-refractivity contribution >= 4 is 5.91 Å². The number of aryl methyl sites for hydroxylation is 1. The summed E-state index contributed by atoms with van der Waals surface area (Å²) in [4.78, 5) is 14.1. The third kappa shape index (κ3) is 3.55. The smallest absolute Gasteiger partial charge is 0.339 e. The van der Waals surface area contributed by atoms with Gasteiger partial charge in [-0.05, 0) is 37.8 Å². The van der Waals surface area contributed by atoms with Gasteiger partial charge in [-0.1, -0.05) is 24.6 Å². The molecule has 25 heavy (non-hydrogen) atoms. The second kappa shape index (κ2) is 6.54. The molecule has 3 rings (SSSR count). The Hall–Kier alpha value is -2.31. The first kappa shape index (κ1) is 17.5. The zero-order valence-corrected chi connectivity index (χ0v) is 14.2. The molecule has 0 radical (unpaired) electrons. The average Bonchev–Trinajstić information content (AvgIpc) is 3.01. The van der Waals surface area contributed by atoms with Gasteiger partial charge in [0.05, 0.1) is 17.4 Å². The molecule has 2 heterocycles. The van der Waals surface area contributed by atoms with Crippen LogP contribution in [-0.4, -0.2) is 33.7 Å². The molecule has 0 spiro atoms. The average molecular weight is 351 g/mol. The number of carbonyl (C=O) groups excluding carboxylic acids is 1. The van der Waals surface area contributed by atoms with Gasteiger partial charge >= 0.3 is 6.18 Å². The highest BCUT2D eigenvalue weighted by Crippen LogP contribution is 2.34. The number of aromatic nitrogens is 2. The minimum atomic E-state index is -4.67. The van der Waals surface area contributed by atoms with E-state index in [4.69, 9.17) is 0 Å². The number of benzene rings is 1. The predicted molar refractivity (Wildman–Crippen MR) is 87.6 cm³/mol. The number of likely N-dealkylation sites (tertiary alicyclic amines) is 1. The maximum absolute atomic E-state index is 13.7. The van der Waals surface area contributed by atoms with Gasteiger partial charge < -0.3 is 4.90 Å². The first-order valence-corrected chi connectivity index (χ1v) is 8.29. The van der Waals surface area contributed by atoms with Gasteiger partial charge in [-0.15, -0.1) is 0 Å². The van der Waals surface area contributed by atoms with Crippen LogP contribution in [0.25, 0.3) is 5.69 Å². The largest absolute Gasteiger partial charge is 0.434 e. The molecule has 1 fully saturated rings. The van der Waals surface area contributed by atoms with Gasteiger partial charge in [-0.2, -0.15) is 18.3 Å². The van der Waals surface area contributed by atoms with Crippen molar-refractivity contribution in [1.82, 2.24) is 14.7 Å². The number of carbonyl (C=O) groups is 1. The molecule has 134 valence electrons. The van der Waals surface area contributed by atoms with Crippen LogP contribution in [0.3, 0.4) is 0 Å². The van der Waals surface area contributed by atoms with Crippen LogP contribution in [0.5, 0.6) is 0 Å². The van der Waals surface area contributed by atoms with E-state index >= 15 is 0 Å². The fourth-order valence-corrected chi connectivity index (χ4v) is 3.04. The number of rotatable bonds is 2. The van der Waals surface area contributed by atoms with Crippen LogP contribution in [0, 0.1) is 12.8 Å².